The van der Waals surface area contributed by atoms with Gasteiger partial charge in [0.15, 0.2) is 0 Å². The molecular formula is C12H14BrNS2. The van der Waals surface area contributed by atoms with Gasteiger partial charge in [0.1, 0.15) is 0 Å². The largest absolute Gasteiger partial charge is 0.308 e. The minimum Gasteiger partial charge on any atom is -0.308 e. The molecule has 0 aliphatic heterocycles. The molecule has 2 aromatic rings. The molecule has 0 aliphatic rings. The Morgan fingerprint density at radius 3 is 2.50 bits per heavy atom. The first-order valence-corrected chi connectivity index (χ1v) is 7.59. The van der Waals surface area contributed by atoms with E-state index in [0.717, 1.165) is 0 Å². The molecule has 2 heterocycles. The van der Waals surface area contributed by atoms with Gasteiger partial charge in [-0.1, -0.05) is 0 Å². The number of halogens is 1. The highest BCUT2D eigenvalue weighted by Gasteiger charge is 2.20. The van der Waals surface area contributed by atoms with E-state index < -0.39 is 0 Å². The maximum Gasteiger partial charge on any atom is 0.0776 e. The first kappa shape index (κ1) is 12.3. The zero-order chi connectivity index (χ0) is 11.7. The van der Waals surface area contributed by atoms with Gasteiger partial charge in [-0.2, -0.15) is 0 Å². The summed E-state index contributed by atoms with van der Waals surface area (Å²) in [5.74, 6) is 0. The molecule has 1 nitrogen and oxygen atoms in total. The minimum absolute atomic E-state index is 0.313. The molecule has 0 aromatic carbocycles. The Bertz CT molecular complexity index is 487. The van der Waals surface area contributed by atoms with E-state index in [1.807, 2.05) is 29.7 Å². The average molecular weight is 316 g/mol. The van der Waals surface area contributed by atoms with E-state index in [1.54, 1.807) is 0 Å². The van der Waals surface area contributed by atoms with E-state index in [1.165, 1.54) is 24.7 Å². The van der Waals surface area contributed by atoms with Gasteiger partial charge in [-0.25, -0.2) is 0 Å². The van der Waals surface area contributed by atoms with Crippen LogP contribution < -0.4 is 5.32 Å². The molecule has 0 amide bonds. The molecular weight excluding hydrogens is 302 g/mol. The highest BCUT2D eigenvalue weighted by atomic mass is 79.9. The lowest BCUT2D eigenvalue weighted by Crippen LogP contribution is -2.16. The van der Waals surface area contributed by atoms with Crippen molar-refractivity contribution < 1.29 is 0 Å². The Balaban J connectivity index is 2.44. The monoisotopic (exact) mass is 315 g/mol. The van der Waals surface area contributed by atoms with Crippen LogP contribution in [-0.4, -0.2) is 7.05 Å². The fourth-order valence-electron chi connectivity index (χ4n) is 1.76. The highest BCUT2D eigenvalue weighted by molar-refractivity contribution is 9.10. The van der Waals surface area contributed by atoms with Crippen molar-refractivity contribution >= 4 is 38.6 Å². The Labute approximate surface area is 113 Å². The van der Waals surface area contributed by atoms with Gasteiger partial charge >= 0.3 is 0 Å². The van der Waals surface area contributed by atoms with E-state index in [-0.39, 0.29) is 0 Å². The molecule has 0 saturated heterocycles. The zero-order valence-electron chi connectivity index (χ0n) is 9.50. The summed E-state index contributed by atoms with van der Waals surface area (Å²) < 4.78 is 1.21. The molecule has 2 aromatic heterocycles. The summed E-state index contributed by atoms with van der Waals surface area (Å²) in [6.45, 7) is 4.32. The van der Waals surface area contributed by atoms with Gasteiger partial charge in [-0.05, 0) is 59.9 Å². The van der Waals surface area contributed by atoms with Crippen LogP contribution in [0.2, 0.25) is 0 Å². The van der Waals surface area contributed by atoms with E-state index in [2.05, 4.69) is 52.6 Å². The summed E-state index contributed by atoms with van der Waals surface area (Å²) in [7, 11) is 2.02. The topological polar surface area (TPSA) is 12.0 Å². The van der Waals surface area contributed by atoms with Crippen LogP contribution in [0.3, 0.4) is 0 Å². The van der Waals surface area contributed by atoms with Crippen LogP contribution in [0, 0.1) is 13.8 Å². The van der Waals surface area contributed by atoms with Crippen LogP contribution in [-0.2, 0) is 0 Å². The van der Waals surface area contributed by atoms with Gasteiger partial charge in [0.05, 0.1) is 6.04 Å². The van der Waals surface area contributed by atoms with Crippen molar-refractivity contribution in [2.45, 2.75) is 19.9 Å². The van der Waals surface area contributed by atoms with Crippen molar-refractivity contribution in [2.75, 3.05) is 7.05 Å². The number of rotatable bonds is 3. The van der Waals surface area contributed by atoms with Crippen molar-refractivity contribution in [3.05, 3.63) is 42.2 Å². The fraction of sp³-hybridized carbons (Fsp3) is 0.333. The molecule has 86 valence electrons. The average Bonchev–Trinajstić information content (AvgIpc) is 2.77. The summed E-state index contributed by atoms with van der Waals surface area (Å²) in [5.41, 5.74) is 1.36. The molecule has 16 heavy (non-hydrogen) atoms. The predicted octanol–water partition coefficient (Wildman–Crippen LogP) is 4.50. The standard InChI is InChI=1S/C12H14BrNS2/c1-7-4-5-15-11(7)10(14-3)12-9(13)6-8(2)16-12/h4-6,10,14H,1-3H3. The molecule has 0 radical (unpaired) electrons. The SMILES string of the molecule is CNC(c1sccc1C)c1sc(C)cc1Br. The third-order valence-corrected chi connectivity index (χ3v) is 5.67. The van der Waals surface area contributed by atoms with Gasteiger partial charge in [-0.3, -0.25) is 0 Å². The first-order valence-electron chi connectivity index (χ1n) is 5.10. The molecule has 2 rings (SSSR count). The molecule has 0 aliphatic carbocycles. The maximum atomic E-state index is 3.64. The van der Waals surface area contributed by atoms with Crippen molar-refractivity contribution in [3.8, 4) is 0 Å². The molecule has 1 atom stereocenters. The third kappa shape index (κ3) is 2.25. The number of hydrogen-bond acceptors (Lipinski definition) is 3. The fourth-order valence-corrected chi connectivity index (χ4v) is 4.88. The van der Waals surface area contributed by atoms with Crippen molar-refractivity contribution in [3.63, 3.8) is 0 Å². The van der Waals surface area contributed by atoms with Crippen molar-refractivity contribution in [2.24, 2.45) is 0 Å². The number of aryl methyl sites for hydroxylation is 2. The van der Waals surface area contributed by atoms with E-state index in [0.29, 0.717) is 6.04 Å². The molecule has 0 fully saturated rings. The smallest absolute Gasteiger partial charge is 0.0776 e. The zero-order valence-corrected chi connectivity index (χ0v) is 12.7. The van der Waals surface area contributed by atoms with Gasteiger partial charge in [-0.15, -0.1) is 22.7 Å². The molecule has 0 spiro atoms. The maximum absolute atomic E-state index is 3.64. The molecule has 0 saturated carbocycles. The van der Waals surface area contributed by atoms with Gasteiger partial charge in [0.2, 0.25) is 0 Å². The summed E-state index contributed by atoms with van der Waals surface area (Å²) in [6.07, 6.45) is 0. The second-order valence-electron chi connectivity index (χ2n) is 3.76. The normalized spacial score (nSPS) is 13.0. The lowest BCUT2D eigenvalue weighted by molar-refractivity contribution is 0.710. The summed E-state index contributed by atoms with van der Waals surface area (Å²) in [6, 6.07) is 4.68. The van der Waals surface area contributed by atoms with E-state index >= 15 is 0 Å². The second kappa shape index (κ2) is 5.00. The second-order valence-corrected chi connectivity index (χ2v) is 6.85. The van der Waals surface area contributed by atoms with Crippen LogP contribution >= 0.6 is 38.6 Å². The van der Waals surface area contributed by atoms with Gasteiger partial charge < -0.3 is 5.32 Å². The Morgan fingerprint density at radius 2 is 2.06 bits per heavy atom. The summed E-state index contributed by atoms with van der Waals surface area (Å²) in [5, 5.41) is 5.56. The number of nitrogens with one attached hydrogen (secondary N) is 1. The molecule has 1 unspecified atom stereocenters. The molecule has 1 N–H and O–H groups in total. The van der Waals surface area contributed by atoms with Crippen molar-refractivity contribution in [1.82, 2.24) is 5.32 Å². The van der Waals surface area contributed by atoms with E-state index in [9.17, 15) is 0 Å². The van der Waals surface area contributed by atoms with E-state index in [4.69, 9.17) is 0 Å². The summed E-state index contributed by atoms with van der Waals surface area (Å²) in [4.78, 5) is 4.12. The Hall–Kier alpha value is -0.160. The van der Waals surface area contributed by atoms with Crippen molar-refractivity contribution in [1.29, 1.82) is 0 Å². The van der Waals surface area contributed by atoms with Crippen LogP contribution in [0.5, 0.6) is 0 Å². The summed E-state index contributed by atoms with van der Waals surface area (Å²) >= 11 is 7.31. The van der Waals surface area contributed by atoms with Crippen LogP contribution in [0.4, 0.5) is 0 Å². The molecule has 0 bridgehead atoms. The Morgan fingerprint density at radius 1 is 1.31 bits per heavy atom. The number of thiophene rings is 2. The molecule has 4 heteroatoms. The van der Waals surface area contributed by atoms with Gasteiger partial charge in [0, 0.05) is 19.1 Å². The Kier molecular flexibility index (Phi) is 3.85. The quantitative estimate of drug-likeness (QED) is 0.879. The lowest BCUT2D eigenvalue weighted by Gasteiger charge is -2.15. The third-order valence-electron chi connectivity index (χ3n) is 2.55. The van der Waals surface area contributed by atoms with Crippen LogP contribution in [0.1, 0.15) is 26.2 Å². The number of hydrogen-bond donors (Lipinski definition) is 1. The first-order chi connectivity index (χ1) is 7.63. The highest BCUT2D eigenvalue weighted by Crippen LogP contribution is 2.38. The van der Waals surface area contributed by atoms with Crippen LogP contribution in [0.15, 0.2) is 22.0 Å². The minimum atomic E-state index is 0.313. The van der Waals surface area contributed by atoms with Gasteiger partial charge in [0.25, 0.3) is 0 Å². The predicted molar refractivity (Wildman–Crippen MR) is 76.7 cm³/mol. The lowest BCUT2D eigenvalue weighted by atomic mass is 10.1. The van der Waals surface area contributed by atoms with Crippen LogP contribution in [0.25, 0.3) is 0 Å².